The number of carbonyl (C=O) groups is 2. The molecule has 0 saturated carbocycles. The van der Waals surface area contributed by atoms with E-state index < -0.39 is 0 Å². The molecule has 2 fully saturated rings. The monoisotopic (exact) mass is 433 g/mol. The van der Waals surface area contributed by atoms with Crippen molar-refractivity contribution in [3.63, 3.8) is 0 Å². The Morgan fingerprint density at radius 2 is 1.56 bits per heavy atom. The quantitative estimate of drug-likeness (QED) is 0.715. The Morgan fingerprint density at radius 1 is 0.844 bits per heavy atom. The van der Waals surface area contributed by atoms with Gasteiger partial charge in [0.2, 0.25) is 0 Å². The van der Waals surface area contributed by atoms with Gasteiger partial charge >= 0.3 is 0 Å². The van der Waals surface area contributed by atoms with E-state index in [2.05, 4.69) is 30.9 Å². The molecule has 0 aromatic heterocycles. The van der Waals surface area contributed by atoms with E-state index in [9.17, 15) is 9.59 Å². The summed E-state index contributed by atoms with van der Waals surface area (Å²) in [7, 11) is 0. The fraction of sp³-hybridized carbons (Fsp3) is 0.481. The summed E-state index contributed by atoms with van der Waals surface area (Å²) in [6.07, 6.45) is 3.01. The molecule has 1 atom stereocenters. The summed E-state index contributed by atoms with van der Waals surface area (Å²) < 4.78 is 0. The highest BCUT2D eigenvalue weighted by Crippen LogP contribution is 2.29. The van der Waals surface area contributed by atoms with E-state index in [1.54, 1.807) is 0 Å². The van der Waals surface area contributed by atoms with Gasteiger partial charge in [-0.3, -0.25) is 9.59 Å². The maximum Gasteiger partial charge on any atom is 0.253 e. The third kappa shape index (κ3) is 5.04. The number of nitrogens with zero attached hydrogens (tertiary/aromatic N) is 3. The maximum atomic E-state index is 13.1. The number of likely N-dealkylation sites (N-methyl/N-ethyl adjacent to an activating group) is 1. The number of hydrogen-bond donors (Lipinski definition) is 0. The predicted octanol–water partition coefficient (Wildman–Crippen LogP) is 4.05. The van der Waals surface area contributed by atoms with Crippen molar-refractivity contribution in [3.05, 3.63) is 70.8 Å². The summed E-state index contributed by atoms with van der Waals surface area (Å²) in [6.45, 7) is 10.3. The number of amides is 2. The Hall–Kier alpha value is -2.66. The topological polar surface area (TPSA) is 43.9 Å². The van der Waals surface area contributed by atoms with Gasteiger partial charge in [-0.05, 0) is 61.2 Å². The fourth-order valence-electron chi connectivity index (χ4n) is 4.87. The number of likely N-dealkylation sites (tertiary alicyclic amines) is 1. The highest BCUT2D eigenvalue weighted by atomic mass is 16.2. The third-order valence-corrected chi connectivity index (χ3v) is 7.03. The Labute approximate surface area is 192 Å². The highest BCUT2D eigenvalue weighted by Gasteiger charge is 2.27. The minimum atomic E-state index is 0.110. The zero-order valence-electron chi connectivity index (χ0n) is 19.4. The van der Waals surface area contributed by atoms with Crippen molar-refractivity contribution < 1.29 is 9.59 Å². The van der Waals surface area contributed by atoms with Gasteiger partial charge in [-0.2, -0.15) is 0 Å². The number of hydrogen-bond acceptors (Lipinski definition) is 3. The van der Waals surface area contributed by atoms with Gasteiger partial charge in [0.15, 0.2) is 0 Å². The molecule has 2 aromatic carbocycles. The van der Waals surface area contributed by atoms with Crippen LogP contribution in [0.15, 0.2) is 48.5 Å². The molecular formula is C27H35N3O2. The van der Waals surface area contributed by atoms with Gasteiger partial charge in [0.25, 0.3) is 11.8 Å². The standard InChI is InChI=1S/C27H35N3O2/c1-3-21-10-12-22(13-11-21)26(31)30-14-6-9-25(20-30)23-7-5-8-24(19-23)27(32)29-17-15-28(4-2)16-18-29/h5,7-8,10-13,19,25H,3-4,6,9,14-18,20H2,1-2H3/t25-/m0/s1. The largest absolute Gasteiger partial charge is 0.338 e. The van der Waals surface area contributed by atoms with Gasteiger partial charge in [-0.25, -0.2) is 0 Å². The molecule has 0 unspecified atom stereocenters. The molecule has 2 heterocycles. The molecule has 2 aliphatic heterocycles. The van der Waals surface area contributed by atoms with Crippen LogP contribution in [0.2, 0.25) is 0 Å². The molecule has 0 radical (unpaired) electrons. The summed E-state index contributed by atoms with van der Waals surface area (Å²) in [5.41, 5.74) is 3.95. The molecular weight excluding hydrogens is 398 g/mol. The van der Waals surface area contributed by atoms with E-state index in [4.69, 9.17) is 0 Å². The number of rotatable bonds is 5. The molecule has 2 amide bonds. The number of piperazine rings is 1. The van der Waals surface area contributed by atoms with Crippen LogP contribution in [-0.4, -0.2) is 72.3 Å². The first-order valence-electron chi connectivity index (χ1n) is 12.1. The lowest BCUT2D eigenvalue weighted by Crippen LogP contribution is -2.48. The second-order valence-electron chi connectivity index (χ2n) is 8.99. The van der Waals surface area contributed by atoms with Crippen molar-refractivity contribution in [2.75, 3.05) is 45.8 Å². The highest BCUT2D eigenvalue weighted by molar-refractivity contribution is 5.95. The van der Waals surface area contributed by atoms with Crippen LogP contribution in [0.5, 0.6) is 0 Å². The second-order valence-corrected chi connectivity index (χ2v) is 8.99. The Balaban J connectivity index is 1.43. The first-order valence-corrected chi connectivity index (χ1v) is 12.1. The van der Waals surface area contributed by atoms with Crippen LogP contribution in [-0.2, 0) is 6.42 Å². The van der Waals surface area contributed by atoms with Crippen molar-refractivity contribution in [1.29, 1.82) is 0 Å². The second kappa shape index (κ2) is 10.3. The molecule has 0 spiro atoms. The molecule has 2 aromatic rings. The molecule has 5 nitrogen and oxygen atoms in total. The van der Waals surface area contributed by atoms with Crippen LogP contribution in [0.25, 0.3) is 0 Å². The van der Waals surface area contributed by atoms with Crippen LogP contribution in [0.4, 0.5) is 0 Å². The number of benzene rings is 2. The molecule has 5 heteroatoms. The minimum Gasteiger partial charge on any atom is -0.338 e. The van der Waals surface area contributed by atoms with Crippen LogP contribution in [0.1, 0.15) is 64.4 Å². The van der Waals surface area contributed by atoms with Crippen LogP contribution >= 0.6 is 0 Å². The average molecular weight is 434 g/mol. The Bertz CT molecular complexity index is 932. The molecule has 2 aliphatic rings. The number of aryl methyl sites for hydroxylation is 1. The predicted molar refractivity (Wildman–Crippen MR) is 128 cm³/mol. The number of piperidine rings is 1. The third-order valence-electron chi connectivity index (χ3n) is 7.03. The summed E-state index contributed by atoms with van der Waals surface area (Å²) >= 11 is 0. The minimum absolute atomic E-state index is 0.110. The number of carbonyl (C=O) groups excluding carboxylic acids is 2. The molecule has 0 N–H and O–H groups in total. The maximum absolute atomic E-state index is 13.1. The smallest absolute Gasteiger partial charge is 0.253 e. The molecule has 170 valence electrons. The van der Waals surface area contributed by atoms with Crippen LogP contribution in [0.3, 0.4) is 0 Å². The first-order chi connectivity index (χ1) is 15.6. The van der Waals surface area contributed by atoms with E-state index in [1.165, 1.54) is 11.1 Å². The zero-order chi connectivity index (χ0) is 22.5. The van der Waals surface area contributed by atoms with E-state index >= 15 is 0 Å². The normalized spacial score (nSPS) is 19.8. The summed E-state index contributed by atoms with van der Waals surface area (Å²) in [5.74, 6) is 0.507. The van der Waals surface area contributed by atoms with Gasteiger partial charge < -0.3 is 14.7 Å². The van der Waals surface area contributed by atoms with E-state index in [0.717, 1.165) is 69.7 Å². The lowest BCUT2D eigenvalue weighted by Gasteiger charge is -2.35. The van der Waals surface area contributed by atoms with E-state index in [-0.39, 0.29) is 17.7 Å². The molecule has 0 bridgehead atoms. The lowest BCUT2D eigenvalue weighted by atomic mass is 9.89. The van der Waals surface area contributed by atoms with Crippen molar-refractivity contribution in [2.24, 2.45) is 0 Å². The van der Waals surface area contributed by atoms with Crippen molar-refractivity contribution in [1.82, 2.24) is 14.7 Å². The van der Waals surface area contributed by atoms with Gasteiger partial charge in [-0.15, -0.1) is 0 Å². The summed E-state index contributed by atoms with van der Waals surface area (Å²) in [5, 5.41) is 0. The lowest BCUT2D eigenvalue weighted by molar-refractivity contribution is 0.0641. The van der Waals surface area contributed by atoms with Gasteiger partial charge in [0.05, 0.1) is 0 Å². The van der Waals surface area contributed by atoms with E-state index in [0.29, 0.717) is 6.54 Å². The summed E-state index contributed by atoms with van der Waals surface area (Å²) in [6, 6.07) is 16.1. The van der Waals surface area contributed by atoms with Gasteiger partial charge in [-0.1, -0.05) is 38.1 Å². The van der Waals surface area contributed by atoms with E-state index in [1.807, 2.05) is 46.2 Å². The first kappa shape index (κ1) is 22.5. The van der Waals surface area contributed by atoms with Gasteiger partial charge in [0, 0.05) is 56.3 Å². The van der Waals surface area contributed by atoms with Crippen molar-refractivity contribution in [2.45, 2.75) is 39.0 Å². The van der Waals surface area contributed by atoms with Crippen LogP contribution in [0, 0.1) is 0 Å². The van der Waals surface area contributed by atoms with Gasteiger partial charge in [0.1, 0.15) is 0 Å². The molecule has 2 saturated heterocycles. The zero-order valence-corrected chi connectivity index (χ0v) is 19.4. The molecule has 0 aliphatic carbocycles. The fourth-order valence-corrected chi connectivity index (χ4v) is 4.87. The average Bonchev–Trinajstić information content (AvgIpc) is 2.88. The summed E-state index contributed by atoms with van der Waals surface area (Å²) in [4.78, 5) is 32.5. The SMILES string of the molecule is CCc1ccc(C(=O)N2CCC[C@H](c3cccc(C(=O)N4CCN(CC)CC4)c3)C2)cc1. The van der Waals surface area contributed by atoms with Crippen molar-refractivity contribution in [3.8, 4) is 0 Å². The Morgan fingerprint density at radius 3 is 2.25 bits per heavy atom. The molecule has 32 heavy (non-hydrogen) atoms. The molecule has 4 rings (SSSR count). The Kier molecular flexibility index (Phi) is 7.26. The van der Waals surface area contributed by atoms with Crippen LogP contribution < -0.4 is 0 Å². The van der Waals surface area contributed by atoms with Crippen molar-refractivity contribution >= 4 is 11.8 Å².